The third-order valence-electron chi connectivity index (χ3n) is 3.76. The van der Waals surface area contributed by atoms with E-state index in [-0.39, 0.29) is 30.7 Å². The highest BCUT2D eigenvalue weighted by Gasteiger charge is 2.12. The van der Waals surface area contributed by atoms with Crippen molar-refractivity contribution in [3.63, 3.8) is 0 Å². The van der Waals surface area contributed by atoms with Crippen molar-refractivity contribution in [3.05, 3.63) is 63.4 Å². The molecule has 1 heterocycles. The third-order valence-corrected chi connectivity index (χ3v) is 5.14. The molecule has 27 heavy (non-hydrogen) atoms. The lowest BCUT2D eigenvalue weighted by molar-refractivity contribution is -0.122. The summed E-state index contributed by atoms with van der Waals surface area (Å²) >= 11 is 1.42. The first-order chi connectivity index (χ1) is 13.0. The first-order valence-corrected chi connectivity index (χ1v) is 9.50. The Morgan fingerprint density at radius 3 is 2.52 bits per heavy atom. The Morgan fingerprint density at radius 1 is 1.11 bits per heavy atom. The van der Waals surface area contributed by atoms with Gasteiger partial charge < -0.3 is 5.32 Å². The Morgan fingerprint density at radius 2 is 1.85 bits per heavy atom. The quantitative estimate of drug-likeness (QED) is 0.506. The van der Waals surface area contributed by atoms with Crippen LogP contribution in [0, 0.1) is 6.92 Å². The second-order valence-electron chi connectivity index (χ2n) is 5.86. The van der Waals surface area contributed by atoms with E-state index in [1.54, 1.807) is 6.08 Å². The van der Waals surface area contributed by atoms with Gasteiger partial charge in [0, 0.05) is 23.9 Å². The van der Waals surface area contributed by atoms with E-state index in [0.29, 0.717) is 4.88 Å². The fraction of sp³-hybridized carbons (Fsp3) is 0.250. The molecule has 3 N–H and O–H groups in total. The average molecular weight is 385 g/mol. The van der Waals surface area contributed by atoms with E-state index >= 15 is 0 Å². The minimum atomic E-state index is -0.375. The summed E-state index contributed by atoms with van der Waals surface area (Å²) in [6, 6.07) is 11.3. The van der Waals surface area contributed by atoms with Gasteiger partial charge in [-0.15, -0.1) is 11.3 Å². The zero-order valence-corrected chi connectivity index (χ0v) is 16.2. The van der Waals surface area contributed by atoms with Crippen LogP contribution in [0.4, 0.5) is 0 Å². The van der Waals surface area contributed by atoms with Crippen LogP contribution in [0.25, 0.3) is 6.08 Å². The monoisotopic (exact) mass is 385 g/mol. The highest BCUT2D eigenvalue weighted by molar-refractivity contribution is 7.14. The normalized spacial score (nSPS) is 10.6. The summed E-state index contributed by atoms with van der Waals surface area (Å²) in [4.78, 5) is 37.2. The zero-order chi connectivity index (χ0) is 19.6. The summed E-state index contributed by atoms with van der Waals surface area (Å²) in [5.41, 5.74) is 6.75. The molecule has 0 fully saturated rings. The zero-order valence-electron chi connectivity index (χ0n) is 15.4. The molecule has 0 saturated heterocycles. The summed E-state index contributed by atoms with van der Waals surface area (Å²) < 4.78 is 0. The molecule has 142 valence electrons. The fourth-order valence-electron chi connectivity index (χ4n) is 2.33. The number of thiophene rings is 1. The van der Waals surface area contributed by atoms with Crippen molar-refractivity contribution in [3.8, 4) is 0 Å². The summed E-state index contributed by atoms with van der Waals surface area (Å²) in [5, 5.41) is 2.62. The van der Waals surface area contributed by atoms with Gasteiger partial charge in [0.1, 0.15) is 0 Å². The van der Waals surface area contributed by atoms with Crippen molar-refractivity contribution < 1.29 is 14.4 Å². The van der Waals surface area contributed by atoms with Gasteiger partial charge in [-0.2, -0.15) is 0 Å². The Kier molecular flexibility index (Phi) is 7.76. The van der Waals surface area contributed by atoms with Crippen LogP contribution in [0.2, 0.25) is 0 Å². The van der Waals surface area contributed by atoms with E-state index in [0.717, 1.165) is 22.4 Å². The lowest BCUT2D eigenvalue weighted by Gasteiger charge is -2.06. The predicted molar refractivity (Wildman–Crippen MR) is 107 cm³/mol. The molecule has 0 radical (unpaired) electrons. The van der Waals surface area contributed by atoms with Crippen LogP contribution >= 0.6 is 11.3 Å². The van der Waals surface area contributed by atoms with E-state index in [1.165, 1.54) is 17.4 Å². The molecule has 2 aromatic rings. The maximum atomic E-state index is 12.0. The lowest BCUT2D eigenvalue weighted by atomic mass is 10.2. The van der Waals surface area contributed by atoms with E-state index in [2.05, 4.69) is 16.2 Å². The highest BCUT2D eigenvalue weighted by Crippen LogP contribution is 2.21. The molecular weight excluding hydrogens is 362 g/mol. The van der Waals surface area contributed by atoms with Gasteiger partial charge in [-0.3, -0.25) is 25.2 Å². The fourth-order valence-corrected chi connectivity index (χ4v) is 3.34. The molecule has 0 atom stereocenters. The average Bonchev–Trinajstić information content (AvgIpc) is 3.06. The van der Waals surface area contributed by atoms with Gasteiger partial charge in [0.25, 0.3) is 5.91 Å². The van der Waals surface area contributed by atoms with E-state index in [1.807, 2.05) is 50.2 Å². The van der Waals surface area contributed by atoms with E-state index < -0.39 is 0 Å². The summed E-state index contributed by atoms with van der Waals surface area (Å²) in [5.74, 6) is -0.998. The second kappa shape index (κ2) is 10.3. The largest absolute Gasteiger partial charge is 0.352 e. The summed E-state index contributed by atoms with van der Waals surface area (Å²) in [6.07, 6.45) is 4.05. The number of benzene rings is 1. The topological polar surface area (TPSA) is 87.3 Å². The number of amides is 3. The third kappa shape index (κ3) is 6.71. The minimum Gasteiger partial charge on any atom is -0.352 e. The van der Waals surface area contributed by atoms with Crippen molar-refractivity contribution in [2.24, 2.45) is 0 Å². The van der Waals surface area contributed by atoms with Crippen molar-refractivity contribution >= 4 is 35.1 Å². The number of hydrazine groups is 1. The van der Waals surface area contributed by atoms with Gasteiger partial charge in [0.15, 0.2) is 0 Å². The van der Waals surface area contributed by atoms with Gasteiger partial charge in [-0.1, -0.05) is 37.3 Å². The predicted octanol–water partition coefficient (Wildman–Crippen LogP) is 2.60. The molecule has 0 saturated carbocycles. The van der Waals surface area contributed by atoms with Crippen molar-refractivity contribution in [1.29, 1.82) is 0 Å². The van der Waals surface area contributed by atoms with Gasteiger partial charge in [0.05, 0.1) is 4.88 Å². The van der Waals surface area contributed by atoms with Gasteiger partial charge in [-0.05, 0) is 36.6 Å². The van der Waals surface area contributed by atoms with Crippen LogP contribution < -0.4 is 16.2 Å². The van der Waals surface area contributed by atoms with Crippen molar-refractivity contribution in [1.82, 2.24) is 16.2 Å². The number of aryl methyl sites for hydroxylation is 2. The van der Waals surface area contributed by atoms with Crippen molar-refractivity contribution in [2.75, 3.05) is 6.54 Å². The van der Waals surface area contributed by atoms with Crippen LogP contribution in [0.5, 0.6) is 0 Å². The molecular formula is C20H23N3O3S. The summed E-state index contributed by atoms with van der Waals surface area (Å²) in [6.45, 7) is 4.17. The molecule has 3 amide bonds. The molecule has 0 aliphatic heterocycles. The lowest BCUT2D eigenvalue weighted by Crippen LogP contribution is -2.42. The van der Waals surface area contributed by atoms with Crippen LogP contribution in [-0.4, -0.2) is 24.3 Å². The first-order valence-electron chi connectivity index (χ1n) is 8.69. The summed E-state index contributed by atoms with van der Waals surface area (Å²) in [7, 11) is 0. The van der Waals surface area contributed by atoms with Gasteiger partial charge >= 0.3 is 0 Å². The van der Waals surface area contributed by atoms with Crippen LogP contribution in [0.15, 0.2) is 42.5 Å². The minimum absolute atomic E-state index is 0.0644. The number of rotatable bonds is 7. The molecule has 0 bridgehead atoms. The number of carbonyl (C=O) groups is 3. The van der Waals surface area contributed by atoms with Gasteiger partial charge in [-0.25, -0.2) is 0 Å². The second-order valence-corrected chi connectivity index (χ2v) is 6.99. The number of nitrogens with one attached hydrogen (secondary N) is 3. The Labute approximate surface area is 162 Å². The number of hydrogen-bond donors (Lipinski definition) is 3. The molecule has 1 aromatic heterocycles. The molecule has 0 aliphatic carbocycles. The Hall–Kier alpha value is -2.93. The van der Waals surface area contributed by atoms with Crippen molar-refractivity contribution in [2.45, 2.75) is 26.7 Å². The Bertz CT molecular complexity index is 828. The van der Waals surface area contributed by atoms with Crippen LogP contribution in [-0.2, 0) is 16.0 Å². The molecule has 0 unspecified atom stereocenters. The van der Waals surface area contributed by atoms with Crippen LogP contribution in [0.1, 0.15) is 39.0 Å². The standard InChI is InChI=1S/C20H23N3O3S/c1-3-16-14(2)13-17(27-16)20(26)23-22-19(25)11-12-21-18(24)10-9-15-7-5-4-6-8-15/h4-10,13H,3,11-12H2,1-2H3,(H,21,24)(H,22,25)(H,23,26)/b10-9+. The smallest absolute Gasteiger partial charge is 0.279 e. The molecule has 6 nitrogen and oxygen atoms in total. The SMILES string of the molecule is CCc1sc(C(=O)NNC(=O)CCNC(=O)/C=C/c2ccccc2)cc1C. The molecule has 0 aliphatic rings. The first kappa shape index (κ1) is 20.4. The number of hydrogen-bond acceptors (Lipinski definition) is 4. The highest BCUT2D eigenvalue weighted by atomic mass is 32.1. The molecule has 7 heteroatoms. The maximum absolute atomic E-state index is 12.0. The maximum Gasteiger partial charge on any atom is 0.279 e. The molecule has 1 aromatic carbocycles. The molecule has 2 rings (SSSR count). The van der Waals surface area contributed by atoms with E-state index in [9.17, 15) is 14.4 Å². The number of carbonyl (C=O) groups excluding carboxylic acids is 3. The Balaban J connectivity index is 1.67. The molecule has 0 spiro atoms. The van der Waals surface area contributed by atoms with E-state index in [4.69, 9.17) is 0 Å². The van der Waals surface area contributed by atoms with Gasteiger partial charge in [0.2, 0.25) is 11.8 Å². The van der Waals surface area contributed by atoms with Crippen LogP contribution in [0.3, 0.4) is 0 Å².